The van der Waals surface area contributed by atoms with Gasteiger partial charge in [-0.25, -0.2) is 0 Å². The number of aryl methyl sites for hydroxylation is 2. The molecule has 0 aliphatic carbocycles. The van der Waals surface area contributed by atoms with E-state index in [2.05, 4.69) is 47.7 Å². The Morgan fingerprint density at radius 3 is 2.45 bits per heavy atom. The minimum absolute atomic E-state index is 0.0666. The van der Waals surface area contributed by atoms with Crippen LogP contribution in [0.5, 0.6) is 0 Å². The van der Waals surface area contributed by atoms with E-state index >= 15 is 0 Å². The number of rotatable bonds is 5. The van der Waals surface area contributed by atoms with Gasteiger partial charge >= 0.3 is 0 Å². The summed E-state index contributed by atoms with van der Waals surface area (Å²) in [7, 11) is 0. The third kappa shape index (κ3) is 4.06. The van der Waals surface area contributed by atoms with Gasteiger partial charge in [0.05, 0.1) is 18.3 Å². The first-order valence-electron chi connectivity index (χ1n) is 9.90. The van der Waals surface area contributed by atoms with E-state index in [1.807, 2.05) is 61.0 Å². The molecule has 4 heteroatoms. The van der Waals surface area contributed by atoms with Gasteiger partial charge in [-0.05, 0) is 60.9 Å². The molecule has 0 fully saturated rings. The van der Waals surface area contributed by atoms with Gasteiger partial charge in [0, 0.05) is 11.3 Å². The van der Waals surface area contributed by atoms with Gasteiger partial charge in [-0.1, -0.05) is 54.6 Å². The summed E-state index contributed by atoms with van der Waals surface area (Å²) in [5.74, 6) is -0.0666. The largest absolute Gasteiger partial charge is 0.345 e. The lowest BCUT2D eigenvalue weighted by Gasteiger charge is -2.17. The number of hydrogen-bond acceptors (Lipinski definition) is 2. The van der Waals surface area contributed by atoms with Crippen LogP contribution in [-0.2, 0) is 6.54 Å². The molecule has 146 valence electrons. The van der Waals surface area contributed by atoms with Crippen LogP contribution in [0, 0.1) is 13.8 Å². The second-order valence-electron chi connectivity index (χ2n) is 7.55. The number of carbonyl (C=O) groups is 1. The molecule has 4 aromatic rings. The monoisotopic (exact) mass is 383 g/mol. The number of nitrogens with one attached hydrogen (secondary N) is 1. The Bertz CT molecular complexity index is 1150. The zero-order valence-corrected chi connectivity index (χ0v) is 17.0. The molecule has 0 aliphatic heterocycles. The standard InChI is InChI=1S/C25H25N3O/c1-17-15-18(2)28(27-17)16-20-11-13-22(14-12-20)25(29)26-19(3)23-10-6-8-21-7-4-5-9-24(21)23/h4-15,19H,16H2,1-3H3,(H,26,29). The molecule has 0 aliphatic rings. The van der Waals surface area contributed by atoms with Gasteiger partial charge in [-0.2, -0.15) is 5.10 Å². The summed E-state index contributed by atoms with van der Waals surface area (Å²) in [5, 5.41) is 9.98. The molecule has 29 heavy (non-hydrogen) atoms. The van der Waals surface area contributed by atoms with Gasteiger partial charge in [0.1, 0.15) is 0 Å². The zero-order chi connectivity index (χ0) is 20.4. The molecule has 0 saturated carbocycles. The fourth-order valence-corrected chi connectivity index (χ4v) is 3.76. The predicted octanol–water partition coefficient (Wildman–Crippen LogP) is 5.19. The van der Waals surface area contributed by atoms with Gasteiger partial charge in [-0.3, -0.25) is 9.48 Å². The summed E-state index contributed by atoms with van der Waals surface area (Å²) in [6, 6.07) is 24.2. The molecule has 4 rings (SSSR count). The Kier molecular flexibility index (Phi) is 5.17. The van der Waals surface area contributed by atoms with E-state index in [0.29, 0.717) is 12.1 Å². The van der Waals surface area contributed by atoms with E-state index in [-0.39, 0.29) is 11.9 Å². The molecule has 1 aromatic heterocycles. The van der Waals surface area contributed by atoms with Crippen LogP contribution in [0.2, 0.25) is 0 Å². The lowest BCUT2D eigenvalue weighted by atomic mass is 9.99. The maximum Gasteiger partial charge on any atom is 0.251 e. The van der Waals surface area contributed by atoms with Crippen molar-refractivity contribution < 1.29 is 4.79 Å². The maximum absolute atomic E-state index is 12.8. The second-order valence-corrected chi connectivity index (χ2v) is 7.55. The number of carbonyl (C=O) groups excluding carboxylic acids is 1. The number of hydrogen-bond donors (Lipinski definition) is 1. The van der Waals surface area contributed by atoms with E-state index in [4.69, 9.17) is 0 Å². The minimum Gasteiger partial charge on any atom is -0.345 e. The second kappa shape index (κ2) is 7.92. The van der Waals surface area contributed by atoms with Crippen LogP contribution in [-0.4, -0.2) is 15.7 Å². The first-order chi connectivity index (χ1) is 14.0. The van der Waals surface area contributed by atoms with Gasteiger partial charge in [0.25, 0.3) is 5.91 Å². The highest BCUT2D eigenvalue weighted by Crippen LogP contribution is 2.24. The fraction of sp³-hybridized carbons (Fsp3) is 0.200. The van der Waals surface area contributed by atoms with Gasteiger partial charge < -0.3 is 5.32 Å². The van der Waals surface area contributed by atoms with Crippen LogP contribution in [0.3, 0.4) is 0 Å². The molecule has 0 saturated heterocycles. The van der Waals surface area contributed by atoms with Crippen LogP contribution in [0.25, 0.3) is 10.8 Å². The Morgan fingerprint density at radius 1 is 1.00 bits per heavy atom. The third-order valence-corrected chi connectivity index (χ3v) is 5.29. The van der Waals surface area contributed by atoms with Crippen molar-refractivity contribution in [1.29, 1.82) is 0 Å². The molecule has 1 N–H and O–H groups in total. The Hall–Kier alpha value is -3.40. The van der Waals surface area contributed by atoms with Crippen molar-refractivity contribution in [3.05, 3.63) is 101 Å². The summed E-state index contributed by atoms with van der Waals surface area (Å²) >= 11 is 0. The van der Waals surface area contributed by atoms with Crippen LogP contribution >= 0.6 is 0 Å². The lowest BCUT2D eigenvalue weighted by molar-refractivity contribution is 0.0940. The molecular formula is C25H25N3O. The highest BCUT2D eigenvalue weighted by Gasteiger charge is 2.14. The molecule has 0 radical (unpaired) electrons. The number of nitrogens with zero attached hydrogens (tertiary/aromatic N) is 2. The van der Waals surface area contributed by atoms with Crippen molar-refractivity contribution in [3.63, 3.8) is 0 Å². The van der Waals surface area contributed by atoms with E-state index in [9.17, 15) is 4.79 Å². The smallest absolute Gasteiger partial charge is 0.251 e. The van der Waals surface area contributed by atoms with Crippen molar-refractivity contribution in [3.8, 4) is 0 Å². The van der Waals surface area contributed by atoms with Crippen molar-refractivity contribution in [2.24, 2.45) is 0 Å². The molecule has 4 nitrogen and oxygen atoms in total. The lowest BCUT2D eigenvalue weighted by Crippen LogP contribution is -2.26. The van der Waals surface area contributed by atoms with Crippen LogP contribution < -0.4 is 5.32 Å². The maximum atomic E-state index is 12.8. The van der Waals surface area contributed by atoms with Gasteiger partial charge in [-0.15, -0.1) is 0 Å². The molecule has 1 heterocycles. The summed E-state index contributed by atoms with van der Waals surface area (Å²) < 4.78 is 1.98. The average Bonchev–Trinajstić information content (AvgIpc) is 3.04. The summed E-state index contributed by atoms with van der Waals surface area (Å²) in [4.78, 5) is 12.8. The van der Waals surface area contributed by atoms with Gasteiger partial charge in [0.2, 0.25) is 0 Å². The highest BCUT2D eigenvalue weighted by molar-refractivity contribution is 5.95. The summed E-state index contributed by atoms with van der Waals surface area (Å²) in [5.41, 5.74) is 5.05. The topological polar surface area (TPSA) is 46.9 Å². The molecule has 3 aromatic carbocycles. The molecule has 0 spiro atoms. The predicted molar refractivity (Wildman–Crippen MR) is 117 cm³/mol. The number of fused-ring (bicyclic) bond motifs is 1. The summed E-state index contributed by atoms with van der Waals surface area (Å²) in [6.45, 7) is 6.77. The van der Waals surface area contributed by atoms with Crippen LogP contribution in [0.1, 0.15) is 45.8 Å². The number of amides is 1. The van der Waals surface area contributed by atoms with E-state index in [1.54, 1.807) is 0 Å². The minimum atomic E-state index is -0.0806. The van der Waals surface area contributed by atoms with Crippen molar-refractivity contribution in [1.82, 2.24) is 15.1 Å². The number of benzene rings is 3. The molecule has 1 atom stereocenters. The molecule has 1 unspecified atom stereocenters. The quantitative estimate of drug-likeness (QED) is 0.515. The Morgan fingerprint density at radius 2 is 1.72 bits per heavy atom. The Balaban J connectivity index is 1.47. The van der Waals surface area contributed by atoms with Crippen LogP contribution in [0.15, 0.2) is 72.8 Å². The normalized spacial score (nSPS) is 12.1. The van der Waals surface area contributed by atoms with Gasteiger partial charge in [0.15, 0.2) is 0 Å². The SMILES string of the molecule is Cc1cc(C)n(Cc2ccc(C(=O)NC(C)c3cccc4ccccc34)cc2)n1. The highest BCUT2D eigenvalue weighted by atomic mass is 16.1. The van der Waals surface area contributed by atoms with E-state index < -0.39 is 0 Å². The average molecular weight is 383 g/mol. The molecule has 0 bridgehead atoms. The Labute approximate surface area is 171 Å². The summed E-state index contributed by atoms with van der Waals surface area (Å²) in [6.07, 6.45) is 0. The van der Waals surface area contributed by atoms with E-state index in [0.717, 1.165) is 22.5 Å². The fourth-order valence-electron chi connectivity index (χ4n) is 3.76. The van der Waals surface area contributed by atoms with Crippen molar-refractivity contribution >= 4 is 16.7 Å². The van der Waals surface area contributed by atoms with Crippen LogP contribution in [0.4, 0.5) is 0 Å². The van der Waals surface area contributed by atoms with Crippen molar-refractivity contribution in [2.75, 3.05) is 0 Å². The first-order valence-corrected chi connectivity index (χ1v) is 9.90. The molecular weight excluding hydrogens is 358 g/mol. The van der Waals surface area contributed by atoms with E-state index in [1.165, 1.54) is 10.8 Å². The first kappa shape index (κ1) is 18.9. The zero-order valence-electron chi connectivity index (χ0n) is 17.0. The number of aromatic nitrogens is 2. The van der Waals surface area contributed by atoms with Crippen molar-refractivity contribution in [2.45, 2.75) is 33.4 Å². The third-order valence-electron chi connectivity index (χ3n) is 5.29. The molecule has 1 amide bonds.